The zero-order chi connectivity index (χ0) is 14.7. The molecule has 1 aromatic rings. The van der Waals surface area contributed by atoms with Crippen molar-refractivity contribution in [2.75, 3.05) is 18.4 Å². The predicted molar refractivity (Wildman–Crippen MR) is 80.1 cm³/mol. The standard InChI is InChI=1S/C14H17BrN2O3/c1-9-3-2-6-17(8-9)14(20)16-10-4-5-12(15)11(7-10)13(18)19/h4-5,7,9H,2-3,6,8H2,1H3,(H,16,20)(H,18,19). The highest BCUT2D eigenvalue weighted by Crippen LogP contribution is 2.22. The molecule has 20 heavy (non-hydrogen) atoms. The van der Waals surface area contributed by atoms with Crippen LogP contribution in [0.5, 0.6) is 0 Å². The van der Waals surface area contributed by atoms with E-state index in [1.807, 2.05) is 0 Å². The maximum Gasteiger partial charge on any atom is 0.336 e. The van der Waals surface area contributed by atoms with E-state index in [2.05, 4.69) is 28.2 Å². The van der Waals surface area contributed by atoms with E-state index in [9.17, 15) is 9.59 Å². The summed E-state index contributed by atoms with van der Waals surface area (Å²) in [6, 6.07) is 4.59. The Morgan fingerprint density at radius 1 is 1.45 bits per heavy atom. The Balaban J connectivity index is 2.07. The monoisotopic (exact) mass is 340 g/mol. The number of hydrogen-bond acceptors (Lipinski definition) is 2. The van der Waals surface area contributed by atoms with Gasteiger partial charge in [-0.25, -0.2) is 9.59 Å². The average Bonchev–Trinajstić information content (AvgIpc) is 2.40. The molecule has 0 aliphatic carbocycles. The van der Waals surface area contributed by atoms with Gasteiger partial charge in [-0.15, -0.1) is 0 Å². The Morgan fingerprint density at radius 2 is 2.20 bits per heavy atom. The van der Waals surface area contributed by atoms with Crippen LogP contribution in [-0.2, 0) is 0 Å². The molecule has 0 saturated carbocycles. The highest BCUT2D eigenvalue weighted by atomic mass is 79.9. The van der Waals surface area contributed by atoms with E-state index in [0.29, 0.717) is 16.1 Å². The maximum absolute atomic E-state index is 12.1. The number of benzene rings is 1. The van der Waals surface area contributed by atoms with Gasteiger partial charge in [0.25, 0.3) is 0 Å². The fraction of sp³-hybridized carbons (Fsp3) is 0.429. The molecule has 1 unspecified atom stereocenters. The van der Waals surface area contributed by atoms with Gasteiger partial charge in [0.05, 0.1) is 5.56 Å². The molecular formula is C14H17BrN2O3. The van der Waals surface area contributed by atoms with Crippen molar-refractivity contribution >= 4 is 33.6 Å². The number of carboxylic acid groups (broad SMARTS) is 1. The van der Waals surface area contributed by atoms with Crippen molar-refractivity contribution in [3.05, 3.63) is 28.2 Å². The summed E-state index contributed by atoms with van der Waals surface area (Å²) < 4.78 is 0.495. The third-order valence-corrected chi connectivity index (χ3v) is 4.08. The molecule has 0 spiro atoms. The first kappa shape index (κ1) is 14.8. The van der Waals surface area contributed by atoms with E-state index in [-0.39, 0.29) is 11.6 Å². The van der Waals surface area contributed by atoms with Crippen molar-refractivity contribution in [2.24, 2.45) is 5.92 Å². The molecule has 6 heteroatoms. The quantitative estimate of drug-likeness (QED) is 0.866. The Morgan fingerprint density at radius 3 is 2.85 bits per heavy atom. The summed E-state index contributed by atoms with van der Waals surface area (Å²) in [7, 11) is 0. The molecule has 0 aromatic heterocycles. The first-order valence-corrected chi connectivity index (χ1v) is 7.35. The largest absolute Gasteiger partial charge is 0.478 e. The van der Waals surface area contributed by atoms with Crippen molar-refractivity contribution in [3.63, 3.8) is 0 Å². The van der Waals surface area contributed by atoms with Crippen LogP contribution in [0.4, 0.5) is 10.5 Å². The Bertz CT molecular complexity index is 533. The second kappa shape index (κ2) is 6.26. The lowest BCUT2D eigenvalue weighted by molar-refractivity contribution is 0.0696. The summed E-state index contributed by atoms with van der Waals surface area (Å²) in [6.07, 6.45) is 2.15. The molecule has 2 rings (SSSR count). The molecule has 1 saturated heterocycles. The van der Waals surface area contributed by atoms with Crippen LogP contribution in [0.3, 0.4) is 0 Å². The highest BCUT2D eigenvalue weighted by molar-refractivity contribution is 9.10. The van der Waals surface area contributed by atoms with Crippen molar-refractivity contribution < 1.29 is 14.7 Å². The number of carbonyl (C=O) groups excluding carboxylic acids is 1. The molecule has 1 heterocycles. The molecule has 0 bridgehead atoms. The van der Waals surface area contributed by atoms with E-state index in [0.717, 1.165) is 25.9 Å². The van der Waals surface area contributed by atoms with Crippen LogP contribution in [0.25, 0.3) is 0 Å². The maximum atomic E-state index is 12.1. The van der Waals surface area contributed by atoms with Gasteiger partial charge in [0.15, 0.2) is 0 Å². The summed E-state index contributed by atoms with van der Waals surface area (Å²) in [4.78, 5) is 25.0. The number of carbonyl (C=O) groups is 2. The SMILES string of the molecule is CC1CCCN(C(=O)Nc2ccc(Br)c(C(=O)O)c2)C1. The molecule has 5 nitrogen and oxygen atoms in total. The highest BCUT2D eigenvalue weighted by Gasteiger charge is 2.21. The van der Waals surface area contributed by atoms with Crippen molar-refractivity contribution in [1.82, 2.24) is 4.90 Å². The fourth-order valence-electron chi connectivity index (χ4n) is 2.34. The third-order valence-electron chi connectivity index (χ3n) is 3.39. The predicted octanol–water partition coefficient (Wildman–Crippen LogP) is 3.41. The lowest BCUT2D eigenvalue weighted by atomic mass is 10.0. The number of amides is 2. The van der Waals surface area contributed by atoms with E-state index in [1.165, 1.54) is 6.07 Å². The number of urea groups is 1. The molecule has 1 aliphatic rings. The number of likely N-dealkylation sites (tertiary alicyclic amines) is 1. The van der Waals surface area contributed by atoms with Gasteiger partial charge in [0.1, 0.15) is 0 Å². The fourth-order valence-corrected chi connectivity index (χ4v) is 2.76. The Labute approximate surface area is 126 Å². The van der Waals surface area contributed by atoms with E-state index in [1.54, 1.807) is 17.0 Å². The number of nitrogens with zero attached hydrogens (tertiary/aromatic N) is 1. The van der Waals surface area contributed by atoms with Crippen LogP contribution in [0.1, 0.15) is 30.1 Å². The minimum absolute atomic E-state index is 0.134. The molecule has 108 valence electrons. The summed E-state index contributed by atoms with van der Waals surface area (Å²) in [5.41, 5.74) is 0.628. The van der Waals surface area contributed by atoms with Gasteiger partial charge < -0.3 is 15.3 Å². The van der Waals surface area contributed by atoms with Crippen LogP contribution >= 0.6 is 15.9 Å². The van der Waals surface area contributed by atoms with Crippen molar-refractivity contribution in [3.8, 4) is 0 Å². The lowest BCUT2D eigenvalue weighted by Crippen LogP contribution is -2.41. The van der Waals surface area contributed by atoms with Crippen LogP contribution in [0.2, 0.25) is 0 Å². The summed E-state index contributed by atoms with van der Waals surface area (Å²) in [5, 5.41) is 11.8. The molecule has 1 aliphatic heterocycles. The lowest BCUT2D eigenvalue weighted by Gasteiger charge is -2.30. The summed E-state index contributed by atoms with van der Waals surface area (Å²) >= 11 is 3.18. The summed E-state index contributed by atoms with van der Waals surface area (Å²) in [6.45, 7) is 3.62. The number of anilines is 1. The van der Waals surface area contributed by atoms with Gasteiger partial charge in [0.2, 0.25) is 0 Å². The molecule has 0 radical (unpaired) electrons. The molecule has 1 aromatic carbocycles. The van der Waals surface area contributed by atoms with Gasteiger partial charge in [-0.1, -0.05) is 6.92 Å². The Hall–Kier alpha value is -1.56. The van der Waals surface area contributed by atoms with Gasteiger partial charge in [0, 0.05) is 23.2 Å². The van der Waals surface area contributed by atoms with Crippen LogP contribution in [-0.4, -0.2) is 35.1 Å². The van der Waals surface area contributed by atoms with E-state index >= 15 is 0 Å². The molecule has 1 fully saturated rings. The molecule has 2 N–H and O–H groups in total. The summed E-state index contributed by atoms with van der Waals surface area (Å²) in [5.74, 6) is -0.520. The van der Waals surface area contributed by atoms with Gasteiger partial charge in [-0.2, -0.15) is 0 Å². The molecule has 1 atom stereocenters. The number of halogens is 1. The normalized spacial score (nSPS) is 18.7. The smallest absolute Gasteiger partial charge is 0.336 e. The number of piperidine rings is 1. The first-order valence-electron chi connectivity index (χ1n) is 6.56. The first-order chi connectivity index (χ1) is 9.47. The second-order valence-corrected chi connectivity index (χ2v) is 5.98. The number of carboxylic acids is 1. The zero-order valence-corrected chi connectivity index (χ0v) is 12.8. The second-order valence-electron chi connectivity index (χ2n) is 5.12. The zero-order valence-electron chi connectivity index (χ0n) is 11.2. The van der Waals surface area contributed by atoms with E-state index in [4.69, 9.17) is 5.11 Å². The van der Waals surface area contributed by atoms with Crippen LogP contribution in [0.15, 0.2) is 22.7 Å². The van der Waals surface area contributed by atoms with Gasteiger partial charge >= 0.3 is 12.0 Å². The number of nitrogens with one attached hydrogen (secondary N) is 1. The number of rotatable bonds is 2. The topological polar surface area (TPSA) is 69.6 Å². The van der Waals surface area contributed by atoms with Gasteiger partial charge in [-0.3, -0.25) is 0 Å². The van der Waals surface area contributed by atoms with Crippen molar-refractivity contribution in [2.45, 2.75) is 19.8 Å². The minimum atomic E-state index is -1.03. The number of hydrogen-bond donors (Lipinski definition) is 2. The third kappa shape index (κ3) is 3.50. The van der Waals surface area contributed by atoms with Crippen molar-refractivity contribution in [1.29, 1.82) is 0 Å². The molecule has 2 amide bonds. The van der Waals surface area contributed by atoms with Gasteiger partial charge in [-0.05, 0) is 52.9 Å². The molecular weight excluding hydrogens is 324 g/mol. The average molecular weight is 341 g/mol. The number of aromatic carboxylic acids is 1. The van der Waals surface area contributed by atoms with E-state index < -0.39 is 5.97 Å². The Kier molecular flexibility index (Phi) is 4.65. The minimum Gasteiger partial charge on any atom is -0.478 e. The van der Waals surface area contributed by atoms with Crippen LogP contribution in [0, 0.1) is 5.92 Å². The van der Waals surface area contributed by atoms with Crippen LogP contribution < -0.4 is 5.32 Å².